The Labute approximate surface area is 165 Å². The number of aryl methyl sites for hydroxylation is 1. The van der Waals surface area contributed by atoms with Gasteiger partial charge in [0, 0.05) is 11.9 Å². The molecule has 142 valence electrons. The number of fused-ring (bicyclic) bond motifs is 3. The molecule has 0 spiro atoms. The number of hydrogen-bond donors (Lipinski definition) is 1. The summed E-state index contributed by atoms with van der Waals surface area (Å²) in [4.78, 5) is 29.7. The molecule has 1 unspecified atom stereocenters. The van der Waals surface area contributed by atoms with Crippen LogP contribution in [-0.2, 0) is 6.42 Å². The molecule has 6 rings (SSSR count). The highest BCUT2D eigenvalue weighted by Crippen LogP contribution is 2.32. The van der Waals surface area contributed by atoms with E-state index in [1.807, 2.05) is 53.2 Å². The normalized spacial score (nSPS) is 16.3. The van der Waals surface area contributed by atoms with Crippen LogP contribution in [-0.4, -0.2) is 29.1 Å². The van der Waals surface area contributed by atoms with Gasteiger partial charge >= 0.3 is 5.69 Å². The highest BCUT2D eigenvalue weighted by atomic mass is 16.1. The summed E-state index contributed by atoms with van der Waals surface area (Å²) in [5, 5.41) is 0. The average Bonchev–Trinajstić information content (AvgIpc) is 3.33. The van der Waals surface area contributed by atoms with Crippen LogP contribution in [0.15, 0.2) is 65.8 Å². The first-order valence-corrected chi connectivity index (χ1v) is 9.77. The third-order valence-electron chi connectivity index (χ3n) is 5.74. The summed E-state index contributed by atoms with van der Waals surface area (Å²) in [6.45, 7) is 0. The third-order valence-corrected chi connectivity index (χ3v) is 5.74. The standard InChI is InChI=1S/C22H18N6O/c29-22-25-17-10-11-20(27-13-24-16-6-1-2-8-19(16)27)26-21(17)28(22)18-9-3-7-15-14(18)5-4-12-23-15/h1-2,4-6,8,10-13,18H,3,7,9H2,(H,25,29). The van der Waals surface area contributed by atoms with Crippen molar-refractivity contribution in [2.24, 2.45) is 0 Å². The van der Waals surface area contributed by atoms with Crippen LogP contribution in [0.5, 0.6) is 0 Å². The number of nitrogens with one attached hydrogen (secondary N) is 1. The summed E-state index contributed by atoms with van der Waals surface area (Å²) in [7, 11) is 0. The van der Waals surface area contributed by atoms with Gasteiger partial charge in [-0.05, 0) is 55.2 Å². The lowest BCUT2D eigenvalue weighted by Gasteiger charge is -2.25. The number of aromatic nitrogens is 6. The third kappa shape index (κ3) is 2.44. The quantitative estimate of drug-likeness (QED) is 0.507. The summed E-state index contributed by atoms with van der Waals surface area (Å²) < 4.78 is 3.74. The van der Waals surface area contributed by atoms with Crippen molar-refractivity contribution >= 4 is 22.2 Å². The molecule has 29 heavy (non-hydrogen) atoms. The van der Waals surface area contributed by atoms with E-state index in [1.54, 1.807) is 10.9 Å². The molecule has 0 fully saturated rings. The van der Waals surface area contributed by atoms with Crippen LogP contribution in [0.4, 0.5) is 0 Å². The maximum Gasteiger partial charge on any atom is 0.328 e. The Morgan fingerprint density at radius 3 is 2.93 bits per heavy atom. The van der Waals surface area contributed by atoms with Crippen molar-refractivity contribution in [2.45, 2.75) is 25.3 Å². The number of nitrogens with zero attached hydrogens (tertiary/aromatic N) is 5. The zero-order valence-electron chi connectivity index (χ0n) is 15.6. The molecule has 7 heteroatoms. The molecule has 1 N–H and O–H groups in total. The van der Waals surface area contributed by atoms with E-state index in [2.05, 4.69) is 21.0 Å². The highest BCUT2D eigenvalue weighted by Gasteiger charge is 2.26. The van der Waals surface area contributed by atoms with Gasteiger partial charge in [-0.25, -0.2) is 14.8 Å². The smallest absolute Gasteiger partial charge is 0.304 e. The maximum atomic E-state index is 12.9. The van der Waals surface area contributed by atoms with Gasteiger partial charge in [0.15, 0.2) is 5.65 Å². The Kier molecular flexibility index (Phi) is 3.43. The van der Waals surface area contributed by atoms with Gasteiger partial charge in [0.25, 0.3) is 0 Å². The molecule has 0 saturated carbocycles. The Morgan fingerprint density at radius 2 is 1.97 bits per heavy atom. The molecule has 0 aliphatic heterocycles. The summed E-state index contributed by atoms with van der Waals surface area (Å²) >= 11 is 0. The number of hydrogen-bond acceptors (Lipinski definition) is 4. The molecule has 4 aromatic heterocycles. The highest BCUT2D eigenvalue weighted by molar-refractivity contribution is 5.78. The zero-order valence-corrected chi connectivity index (χ0v) is 15.6. The number of para-hydroxylation sites is 2. The Hall–Kier alpha value is -3.74. The molecule has 1 aliphatic rings. The predicted octanol–water partition coefficient (Wildman–Crippen LogP) is 3.38. The molecule has 0 saturated heterocycles. The second kappa shape index (κ2) is 6.13. The average molecular weight is 382 g/mol. The Morgan fingerprint density at radius 1 is 1.03 bits per heavy atom. The number of imidazole rings is 2. The fourth-order valence-electron chi connectivity index (χ4n) is 4.41. The SMILES string of the molecule is O=c1[nH]c2ccc(-n3cnc4ccccc43)nc2n1C1CCCc2ncccc21. The molecule has 1 aromatic carbocycles. The minimum atomic E-state index is -0.137. The maximum absolute atomic E-state index is 12.9. The van der Waals surface area contributed by atoms with Gasteiger partial charge in [-0.3, -0.25) is 14.1 Å². The largest absolute Gasteiger partial charge is 0.328 e. The van der Waals surface area contributed by atoms with Crippen molar-refractivity contribution in [1.82, 2.24) is 29.1 Å². The predicted molar refractivity (Wildman–Crippen MR) is 110 cm³/mol. The Bertz CT molecular complexity index is 1430. The molecule has 5 aromatic rings. The van der Waals surface area contributed by atoms with E-state index in [9.17, 15) is 4.79 Å². The summed E-state index contributed by atoms with van der Waals surface area (Å²) in [5.41, 5.74) is 5.33. The van der Waals surface area contributed by atoms with Crippen molar-refractivity contribution in [3.05, 3.63) is 82.8 Å². The monoisotopic (exact) mass is 382 g/mol. The van der Waals surface area contributed by atoms with E-state index in [4.69, 9.17) is 4.98 Å². The summed E-state index contributed by atoms with van der Waals surface area (Å²) in [6, 6.07) is 15.7. The van der Waals surface area contributed by atoms with Crippen molar-refractivity contribution in [3.63, 3.8) is 0 Å². The minimum Gasteiger partial charge on any atom is -0.304 e. The van der Waals surface area contributed by atoms with E-state index in [-0.39, 0.29) is 11.7 Å². The van der Waals surface area contributed by atoms with E-state index >= 15 is 0 Å². The van der Waals surface area contributed by atoms with Gasteiger partial charge in [-0.1, -0.05) is 18.2 Å². The van der Waals surface area contributed by atoms with Crippen molar-refractivity contribution in [2.75, 3.05) is 0 Å². The van der Waals surface area contributed by atoms with E-state index in [1.165, 1.54) is 0 Å². The molecule has 0 radical (unpaired) electrons. The second-order valence-electron chi connectivity index (χ2n) is 7.39. The first-order valence-electron chi connectivity index (χ1n) is 9.77. The number of pyridine rings is 2. The first-order chi connectivity index (χ1) is 14.3. The van der Waals surface area contributed by atoms with E-state index in [0.717, 1.165) is 52.9 Å². The van der Waals surface area contributed by atoms with Crippen LogP contribution < -0.4 is 5.69 Å². The molecule has 0 bridgehead atoms. The molecule has 1 atom stereocenters. The molecule has 0 amide bonds. The van der Waals surface area contributed by atoms with Gasteiger partial charge in [-0.15, -0.1) is 0 Å². The van der Waals surface area contributed by atoms with Crippen LogP contribution in [0.3, 0.4) is 0 Å². The van der Waals surface area contributed by atoms with E-state index < -0.39 is 0 Å². The first kappa shape index (κ1) is 16.2. The van der Waals surface area contributed by atoms with Crippen LogP contribution in [0.1, 0.15) is 30.1 Å². The lowest BCUT2D eigenvalue weighted by atomic mass is 9.91. The van der Waals surface area contributed by atoms with Crippen LogP contribution in [0.2, 0.25) is 0 Å². The molecular weight excluding hydrogens is 364 g/mol. The summed E-state index contributed by atoms with van der Waals surface area (Å²) in [5.74, 6) is 0.737. The van der Waals surface area contributed by atoms with Crippen molar-refractivity contribution < 1.29 is 0 Å². The molecule has 1 aliphatic carbocycles. The summed E-state index contributed by atoms with van der Waals surface area (Å²) in [6.07, 6.45) is 6.43. The van der Waals surface area contributed by atoms with Gasteiger partial charge in [0.05, 0.1) is 22.6 Å². The molecule has 4 heterocycles. The van der Waals surface area contributed by atoms with Gasteiger partial charge in [0.2, 0.25) is 0 Å². The van der Waals surface area contributed by atoms with Crippen LogP contribution in [0, 0.1) is 0 Å². The van der Waals surface area contributed by atoms with Crippen LogP contribution in [0.25, 0.3) is 28.0 Å². The lowest BCUT2D eigenvalue weighted by molar-refractivity contribution is 0.481. The second-order valence-corrected chi connectivity index (χ2v) is 7.39. The number of benzene rings is 1. The van der Waals surface area contributed by atoms with E-state index in [0.29, 0.717) is 5.65 Å². The number of rotatable bonds is 2. The van der Waals surface area contributed by atoms with Gasteiger partial charge in [0.1, 0.15) is 12.1 Å². The fraction of sp³-hybridized carbons (Fsp3) is 0.182. The fourth-order valence-corrected chi connectivity index (χ4v) is 4.41. The van der Waals surface area contributed by atoms with Crippen molar-refractivity contribution in [1.29, 1.82) is 0 Å². The number of aromatic amines is 1. The van der Waals surface area contributed by atoms with Gasteiger partial charge in [-0.2, -0.15) is 0 Å². The minimum absolute atomic E-state index is 0.0593. The zero-order chi connectivity index (χ0) is 19.4. The Balaban J connectivity index is 1.57. The van der Waals surface area contributed by atoms with Crippen molar-refractivity contribution in [3.8, 4) is 5.82 Å². The molecular formula is C22H18N6O. The lowest BCUT2D eigenvalue weighted by Crippen LogP contribution is -2.27. The van der Waals surface area contributed by atoms with Gasteiger partial charge < -0.3 is 4.98 Å². The molecule has 7 nitrogen and oxygen atoms in total. The number of H-pyrrole nitrogens is 1. The van der Waals surface area contributed by atoms with Crippen LogP contribution >= 0.6 is 0 Å². The topological polar surface area (TPSA) is 81.4 Å².